The summed E-state index contributed by atoms with van der Waals surface area (Å²) in [5.74, 6) is 1.14. The van der Waals surface area contributed by atoms with Crippen LogP contribution in [-0.2, 0) is 0 Å². The third-order valence-electron chi connectivity index (χ3n) is 2.37. The molecule has 0 saturated carbocycles. The monoisotopic (exact) mass is 242 g/mol. The number of aromatic nitrogens is 5. The molecule has 90 valence electrons. The van der Waals surface area contributed by atoms with Crippen LogP contribution in [0.4, 0.5) is 5.82 Å². The molecular weight excluding hydrogens is 232 g/mol. The minimum absolute atomic E-state index is 0.331. The second-order valence-electron chi connectivity index (χ2n) is 3.79. The number of nitrogens with zero attached hydrogens (tertiary/aromatic N) is 4. The normalized spacial score (nSPS) is 10.7. The Morgan fingerprint density at radius 1 is 1.28 bits per heavy atom. The van der Waals surface area contributed by atoms with Crippen molar-refractivity contribution in [3.8, 4) is 23.1 Å². The van der Waals surface area contributed by atoms with Gasteiger partial charge in [-0.2, -0.15) is 10.1 Å². The predicted octanol–water partition coefficient (Wildman–Crippen LogP) is 1.41. The maximum Gasteiger partial charge on any atom is 0.276 e. The maximum absolute atomic E-state index is 5.51. The van der Waals surface area contributed by atoms with E-state index in [0.717, 1.165) is 5.69 Å². The molecule has 0 aliphatic carbocycles. The summed E-state index contributed by atoms with van der Waals surface area (Å²) in [7, 11) is 0. The highest BCUT2D eigenvalue weighted by Gasteiger charge is 2.13. The van der Waals surface area contributed by atoms with E-state index in [1.54, 1.807) is 6.07 Å². The van der Waals surface area contributed by atoms with Crippen molar-refractivity contribution in [1.82, 2.24) is 25.3 Å². The molecule has 0 fully saturated rings. The number of pyridine rings is 1. The van der Waals surface area contributed by atoms with E-state index in [9.17, 15) is 0 Å². The molecule has 0 atom stereocenters. The Morgan fingerprint density at radius 3 is 2.89 bits per heavy atom. The van der Waals surface area contributed by atoms with Gasteiger partial charge in [0.25, 0.3) is 5.89 Å². The summed E-state index contributed by atoms with van der Waals surface area (Å²) >= 11 is 0. The van der Waals surface area contributed by atoms with Gasteiger partial charge in [0.15, 0.2) is 0 Å². The van der Waals surface area contributed by atoms with Crippen molar-refractivity contribution in [2.24, 2.45) is 0 Å². The average Bonchev–Trinajstić information content (AvgIpc) is 2.97. The Kier molecular flexibility index (Phi) is 2.30. The Morgan fingerprint density at radius 2 is 2.17 bits per heavy atom. The van der Waals surface area contributed by atoms with Crippen LogP contribution in [0.25, 0.3) is 23.1 Å². The van der Waals surface area contributed by atoms with Crippen LogP contribution in [0.1, 0.15) is 5.69 Å². The van der Waals surface area contributed by atoms with Gasteiger partial charge in [0.1, 0.15) is 17.2 Å². The molecule has 0 aliphatic rings. The molecule has 3 N–H and O–H groups in total. The lowest BCUT2D eigenvalue weighted by Gasteiger charge is -1.94. The first kappa shape index (κ1) is 10.5. The number of aromatic amines is 1. The molecule has 0 bridgehead atoms. The highest BCUT2D eigenvalue weighted by atomic mass is 16.5. The van der Waals surface area contributed by atoms with Crippen molar-refractivity contribution in [2.75, 3.05) is 5.73 Å². The van der Waals surface area contributed by atoms with E-state index < -0.39 is 0 Å². The van der Waals surface area contributed by atoms with Crippen LogP contribution < -0.4 is 5.73 Å². The van der Waals surface area contributed by atoms with Gasteiger partial charge in [-0.15, -0.1) is 0 Å². The molecule has 0 radical (unpaired) electrons. The third-order valence-corrected chi connectivity index (χ3v) is 2.37. The molecule has 0 aliphatic heterocycles. The van der Waals surface area contributed by atoms with Crippen LogP contribution in [0.2, 0.25) is 0 Å². The number of hydrogen-bond donors (Lipinski definition) is 2. The zero-order valence-electron chi connectivity index (χ0n) is 9.58. The standard InChI is InChI=1S/C11H10N6O/c1-6-3-2-4-7(13-6)10-14-11(18-17-10)8-5-9(12)16-15-8/h2-5H,1H3,(H3,12,15,16). The SMILES string of the molecule is Cc1cccc(-c2noc(-c3cc(N)n[nH]3)n2)n1. The Hall–Kier alpha value is -2.70. The van der Waals surface area contributed by atoms with Crippen LogP contribution in [0, 0.1) is 6.92 Å². The fourth-order valence-corrected chi connectivity index (χ4v) is 1.55. The fourth-order valence-electron chi connectivity index (χ4n) is 1.55. The lowest BCUT2D eigenvalue weighted by atomic mass is 10.3. The molecule has 0 amide bonds. The van der Waals surface area contributed by atoms with Gasteiger partial charge in [0.05, 0.1) is 0 Å². The molecule has 0 unspecified atom stereocenters. The van der Waals surface area contributed by atoms with Gasteiger partial charge in [-0.3, -0.25) is 5.10 Å². The molecule has 0 aromatic carbocycles. The summed E-state index contributed by atoms with van der Waals surface area (Å²) < 4.78 is 5.13. The van der Waals surface area contributed by atoms with Gasteiger partial charge in [0, 0.05) is 11.8 Å². The first-order chi connectivity index (χ1) is 8.72. The van der Waals surface area contributed by atoms with Crippen LogP contribution in [0.5, 0.6) is 0 Å². The lowest BCUT2D eigenvalue weighted by Crippen LogP contribution is -1.87. The van der Waals surface area contributed by atoms with Gasteiger partial charge in [0.2, 0.25) is 5.82 Å². The predicted molar refractivity (Wildman–Crippen MR) is 64.3 cm³/mol. The van der Waals surface area contributed by atoms with E-state index in [-0.39, 0.29) is 0 Å². The van der Waals surface area contributed by atoms with E-state index >= 15 is 0 Å². The van der Waals surface area contributed by atoms with Crippen LogP contribution in [0.3, 0.4) is 0 Å². The van der Waals surface area contributed by atoms with E-state index in [2.05, 4.69) is 25.3 Å². The number of nitrogens with one attached hydrogen (secondary N) is 1. The summed E-state index contributed by atoms with van der Waals surface area (Å²) in [6, 6.07) is 7.24. The molecule has 3 aromatic rings. The van der Waals surface area contributed by atoms with Gasteiger partial charge < -0.3 is 10.3 Å². The molecule has 7 heteroatoms. The number of nitrogens with two attached hydrogens (primary N) is 1. The quantitative estimate of drug-likeness (QED) is 0.703. The minimum Gasteiger partial charge on any atom is -0.382 e. The van der Waals surface area contributed by atoms with Gasteiger partial charge in [-0.1, -0.05) is 11.2 Å². The smallest absolute Gasteiger partial charge is 0.276 e. The second kappa shape index (κ2) is 3.95. The fraction of sp³-hybridized carbons (Fsp3) is 0.0909. The number of H-pyrrole nitrogens is 1. The highest BCUT2D eigenvalue weighted by molar-refractivity contribution is 5.56. The third kappa shape index (κ3) is 1.81. The first-order valence-corrected chi connectivity index (χ1v) is 5.31. The number of anilines is 1. The van der Waals surface area contributed by atoms with Gasteiger partial charge in [-0.05, 0) is 19.1 Å². The van der Waals surface area contributed by atoms with E-state index in [0.29, 0.717) is 28.9 Å². The molecule has 18 heavy (non-hydrogen) atoms. The van der Waals surface area contributed by atoms with E-state index in [1.165, 1.54) is 0 Å². The Labute approximate surface area is 102 Å². The maximum atomic E-state index is 5.51. The average molecular weight is 242 g/mol. The van der Waals surface area contributed by atoms with Crippen molar-refractivity contribution >= 4 is 5.82 Å². The molecule has 0 spiro atoms. The van der Waals surface area contributed by atoms with Crippen molar-refractivity contribution in [3.05, 3.63) is 30.0 Å². The van der Waals surface area contributed by atoms with E-state index in [4.69, 9.17) is 10.3 Å². The first-order valence-electron chi connectivity index (χ1n) is 5.31. The number of hydrogen-bond acceptors (Lipinski definition) is 6. The van der Waals surface area contributed by atoms with Crippen molar-refractivity contribution < 1.29 is 4.52 Å². The van der Waals surface area contributed by atoms with Crippen molar-refractivity contribution in [1.29, 1.82) is 0 Å². The zero-order valence-corrected chi connectivity index (χ0v) is 9.58. The highest BCUT2D eigenvalue weighted by Crippen LogP contribution is 2.20. The molecule has 3 aromatic heterocycles. The number of aryl methyl sites for hydroxylation is 1. The Bertz CT molecular complexity index is 686. The molecule has 3 rings (SSSR count). The van der Waals surface area contributed by atoms with Gasteiger partial charge >= 0.3 is 0 Å². The molecule has 3 heterocycles. The molecular formula is C11H10N6O. The summed E-state index contributed by atoms with van der Waals surface area (Å²) in [6.07, 6.45) is 0. The number of rotatable bonds is 2. The minimum atomic E-state index is 0.331. The molecule has 7 nitrogen and oxygen atoms in total. The van der Waals surface area contributed by atoms with Crippen molar-refractivity contribution in [2.45, 2.75) is 6.92 Å². The topological polar surface area (TPSA) is 107 Å². The summed E-state index contributed by atoms with van der Waals surface area (Å²) in [5.41, 5.74) is 7.65. The molecule has 0 saturated heterocycles. The summed E-state index contributed by atoms with van der Waals surface area (Å²) in [4.78, 5) is 8.56. The zero-order chi connectivity index (χ0) is 12.5. The summed E-state index contributed by atoms with van der Waals surface area (Å²) in [5, 5.41) is 10.4. The summed E-state index contributed by atoms with van der Waals surface area (Å²) in [6.45, 7) is 1.90. The second-order valence-corrected chi connectivity index (χ2v) is 3.79. The Balaban J connectivity index is 1.99. The van der Waals surface area contributed by atoms with Crippen LogP contribution >= 0.6 is 0 Å². The van der Waals surface area contributed by atoms with Crippen molar-refractivity contribution in [3.63, 3.8) is 0 Å². The largest absolute Gasteiger partial charge is 0.382 e. The van der Waals surface area contributed by atoms with Crippen LogP contribution in [0.15, 0.2) is 28.8 Å². The number of nitrogen functional groups attached to an aromatic ring is 1. The van der Waals surface area contributed by atoms with E-state index in [1.807, 2.05) is 25.1 Å². The van der Waals surface area contributed by atoms with Crippen LogP contribution in [-0.4, -0.2) is 25.3 Å². The van der Waals surface area contributed by atoms with Gasteiger partial charge in [-0.25, -0.2) is 4.98 Å². The lowest BCUT2D eigenvalue weighted by molar-refractivity contribution is 0.430.